The number of halogens is 2. The lowest BCUT2D eigenvalue weighted by Gasteiger charge is -2.28. The molecule has 3 aromatic rings. The molecule has 0 aliphatic carbocycles. The van der Waals surface area contributed by atoms with Crippen molar-refractivity contribution in [2.75, 3.05) is 20.2 Å². The lowest BCUT2D eigenvalue weighted by atomic mass is 9.92. The number of hydrogen-bond acceptors (Lipinski definition) is 4. The van der Waals surface area contributed by atoms with Crippen molar-refractivity contribution >= 4 is 11.0 Å². The summed E-state index contributed by atoms with van der Waals surface area (Å²) >= 11 is 0. The van der Waals surface area contributed by atoms with Gasteiger partial charge in [-0.1, -0.05) is 18.2 Å². The number of nitrogens with zero attached hydrogens (tertiary/aromatic N) is 2. The van der Waals surface area contributed by atoms with Crippen molar-refractivity contribution < 1.29 is 13.9 Å². The van der Waals surface area contributed by atoms with Crippen molar-refractivity contribution in [1.29, 1.82) is 0 Å². The Kier molecular flexibility index (Phi) is 5.39. The number of likely N-dealkylation sites (N-methyl/N-ethyl adjacent to an activating group) is 1. The molecule has 0 saturated carbocycles. The molecule has 1 saturated heterocycles. The molecule has 0 spiro atoms. The minimum atomic E-state index is -0.299. The lowest BCUT2D eigenvalue weighted by molar-refractivity contribution is 0.151. The van der Waals surface area contributed by atoms with Crippen LogP contribution in [0.1, 0.15) is 23.9 Å². The van der Waals surface area contributed by atoms with Crippen LogP contribution < -0.4 is 5.32 Å². The molecule has 2 aromatic carbocycles. The monoisotopic (exact) mass is 386 g/mol. The molecule has 0 radical (unpaired) electrons. The molecule has 0 bridgehead atoms. The number of imidazole rings is 1. The highest BCUT2D eigenvalue weighted by Crippen LogP contribution is 2.40. The van der Waals surface area contributed by atoms with Crippen LogP contribution in [0, 0.1) is 17.6 Å². The van der Waals surface area contributed by atoms with E-state index in [-0.39, 0.29) is 36.2 Å². The Balaban J connectivity index is 1.46. The summed E-state index contributed by atoms with van der Waals surface area (Å²) in [7, 11) is 1.94. The van der Waals surface area contributed by atoms with Crippen molar-refractivity contribution in [2.24, 2.45) is 5.92 Å². The summed E-state index contributed by atoms with van der Waals surface area (Å²) < 4.78 is 27.7. The topological polar surface area (TPSA) is 64.2 Å². The Hall–Kier alpha value is -2.35. The SMILES string of the molecule is CN1[C@H](CO)C[C@H](CNCc2nc3ccc(F)cc3[nH]2)[C@@H]1c1ccccc1F. The predicted molar refractivity (Wildman–Crippen MR) is 104 cm³/mol. The van der Waals surface area contributed by atoms with E-state index in [1.165, 1.54) is 18.2 Å². The minimum Gasteiger partial charge on any atom is -0.395 e. The summed E-state index contributed by atoms with van der Waals surface area (Å²) in [5.41, 5.74) is 2.05. The standard InChI is InChI=1S/C21H24F2N4O/c1-27-15(12-28)8-13(21(27)16-4-2-3-5-17(16)23)10-24-11-20-25-18-7-6-14(22)9-19(18)26-20/h2-7,9,13,15,21,24,28H,8,10-12H2,1H3,(H,25,26)/t13-,15+,21-/m1/s1. The molecule has 3 N–H and O–H groups in total. The number of fused-ring (bicyclic) bond motifs is 1. The number of hydrogen-bond donors (Lipinski definition) is 3. The molecular weight excluding hydrogens is 362 g/mol. The van der Waals surface area contributed by atoms with Crippen LogP contribution in [0.5, 0.6) is 0 Å². The van der Waals surface area contributed by atoms with Gasteiger partial charge in [0.1, 0.15) is 17.5 Å². The Morgan fingerprint density at radius 3 is 2.86 bits per heavy atom. The summed E-state index contributed by atoms with van der Waals surface area (Å²) in [6.07, 6.45) is 0.782. The molecular formula is C21H24F2N4O. The van der Waals surface area contributed by atoms with E-state index in [4.69, 9.17) is 0 Å². The van der Waals surface area contributed by atoms with E-state index < -0.39 is 0 Å². The Labute approximate surface area is 162 Å². The number of H-pyrrole nitrogens is 1. The molecule has 5 nitrogen and oxygen atoms in total. The number of nitrogens with one attached hydrogen (secondary N) is 2. The third-order valence-electron chi connectivity index (χ3n) is 5.66. The summed E-state index contributed by atoms with van der Waals surface area (Å²) in [5, 5.41) is 13.1. The quantitative estimate of drug-likeness (QED) is 0.610. The van der Waals surface area contributed by atoms with Crippen LogP contribution in [0.2, 0.25) is 0 Å². The van der Waals surface area contributed by atoms with Crippen LogP contribution >= 0.6 is 0 Å². The Morgan fingerprint density at radius 1 is 1.25 bits per heavy atom. The fourth-order valence-corrected chi connectivity index (χ4v) is 4.29. The van der Waals surface area contributed by atoms with E-state index >= 15 is 0 Å². The highest BCUT2D eigenvalue weighted by Gasteiger charge is 2.40. The second kappa shape index (κ2) is 7.95. The summed E-state index contributed by atoms with van der Waals surface area (Å²) in [6, 6.07) is 11.2. The lowest BCUT2D eigenvalue weighted by Crippen LogP contribution is -2.32. The van der Waals surface area contributed by atoms with E-state index in [0.717, 1.165) is 17.8 Å². The first-order chi connectivity index (χ1) is 13.6. The molecule has 1 fully saturated rings. The maximum Gasteiger partial charge on any atom is 0.127 e. The molecule has 0 amide bonds. The van der Waals surface area contributed by atoms with Gasteiger partial charge in [-0.25, -0.2) is 13.8 Å². The first-order valence-electron chi connectivity index (χ1n) is 9.49. The molecule has 2 heterocycles. The summed E-state index contributed by atoms with van der Waals surface area (Å²) in [4.78, 5) is 9.64. The van der Waals surface area contributed by atoms with Crippen LogP contribution in [0.3, 0.4) is 0 Å². The van der Waals surface area contributed by atoms with Gasteiger partial charge in [0.2, 0.25) is 0 Å². The average molecular weight is 386 g/mol. The number of aromatic nitrogens is 2. The Bertz CT molecular complexity index is 960. The van der Waals surface area contributed by atoms with E-state index in [1.807, 2.05) is 19.2 Å². The van der Waals surface area contributed by atoms with Gasteiger partial charge in [-0.05, 0) is 43.7 Å². The number of aliphatic hydroxyl groups excluding tert-OH is 1. The summed E-state index contributed by atoms with van der Waals surface area (Å²) in [5.74, 6) is 0.364. The van der Waals surface area contributed by atoms with E-state index in [1.54, 1.807) is 12.1 Å². The molecule has 4 rings (SSSR count). The van der Waals surface area contributed by atoms with Gasteiger partial charge in [0.25, 0.3) is 0 Å². The molecule has 0 unspecified atom stereocenters. The zero-order chi connectivity index (χ0) is 19.7. The van der Waals surface area contributed by atoms with Gasteiger partial charge in [-0.3, -0.25) is 4.90 Å². The molecule has 28 heavy (non-hydrogen) atoms. The zero-order valence-electron chi connectivity index (χ0n) is 15.7. The second-order valence-electron chi connectivity index (χ2n) is 7.44. The second-order valence-corrected chi connectivity index (χ2v) is 7.44. The third-order valence-corrected chi connectivity index (χ3v) is 5.66. The number of aromatic amines is 1. The summed E-state index contributed by atoms with van der Waals surface area (Å²) in [6.45, 7) is 1.21. The number of rotatable bonds is 6. The van der Waals surface area contributed by atoms with Crippen molar-refractivity contribution in [3.05, 3.63) is 65.5 Å². The highest BCUT2D eigenvalue weighted by atomic mass is 19.1. The highest BCUT2D eigenvalue weighted by molar-refractivity contribution is 5.74. The minimum absolute atomic E-state index is 0.00517. The smallest absolute Gasteiger partial charge is 0.127 e. The van der Waals surface area contributed by atoms with Gasteiger partial charge in [0.05, 0.1) is 24.2 Å². The maximum absolute atomic E-state index is 14.4. The van der Waals surface area contributed by atoms with Crippen LogP contribution in [0.15, 0.2) is 42.5 Å². The fraction of sp³-hybridized carbons (Fsp3) is 0.381. The zero-order valence-corrected chi connectivity index (χ0v) is 15.7. The van der Waals surface area contributed by atoms with Crippen molar-refractivity contribution in [1.82, 2.24) is 20.2 Å². The van der Waals surface area contributed by atoms with Crippen molar-refractivity contribution in [2.45, 2.75) is 25.0 Å². The van der Waals surface area contributed by atoms with Gasteiger partial charge in [-0.15, -0.1) is 0 Å². The van der Waals surface area contributed by atoms with Gasteiger partial charge < -0.3 is 15.4 Å². The number of benzene rings is 2. The van der Waals surface area contributed by atoms with Crippen molar-refractivity contribution in [3.8, 4) is 0 Å². The third kappa shape index (κ3) is 3.65. The van der Waals surface area contributed by atoms with Crippen LogP contribution in [0.25, 0.3) is 11.0 Å². The molecule has 148 valence electrons. The van der Waals surface area contributed by atoms with Crippen LogP contribution in [-0.4, -0.2) is 46.2 Å². The molecule has 3 atom stereocenters. The normalized spacial score (nSPS) is 22.9. The Morgan fingerprint density at radius 2 is 2.07 bits per heavy atom. The van der Waals surface area contributed by atoms with E-state index in [9.17, 15) is 13.9 Å². The van der Waals surface area contributed by atoms with Crippen LogP contribution in [-0.2, 0) is 6.54 Å². The molecule has 7 heteroatoms. The van der Waals surface area contributed by atoms with Gasteiger partial charge in [-0.2, -0.15) is 0 Å². The fourth-order valence-electron chi connectivity index (χ4n) is 4.29. The van der Waals surface area contributed by atoms with Gasteiger partial charge >= 0.3 is 0 Å². The average Bonchev–Trinajstić information content (AvgIpc) is 3.22. The van der Waals surface area contributed by atoms with Crippen molar-refractivity contribution in [3.63, 3.8) is 0 Å². The van der Waals surface area contributed by atoms with Gasteiger partial charge in [0.15, 0.2) is 0 Å². The van der Waals surface area contributed by atoms with E-state index in [2.05, 4.69) is 20.2 Å². The maximum atomic E-state index is 14.4. The van der Waals surface area contributed by atoms with E-state index in [0.29, 0.717) is 24.2 Å². The number of likely N-dealkylation sites (tertiary alicyclic amines) is 1. The first kappa shape index (κ1) is 19.0. The predicted octanol–water partition coefficient (Wildman–Crippen LogP) is 2.98. The molecule has 1 aromatic heterocycles. The largest absolute Gasteiger partial charge is 0.395 e. The van der Waals surface area contributed by atoms with Gasteiger partial charge in [0, 0.05) is 24.2 Å². The number of aliphatic hydroxyl groups is 1. The molecule has 1 aliphatic heterocycles. The molecule has 1 aliphatic rings. The first-order valence-corrected chi connectivity index (χ1v) is 9.49. The van der Waals surface area contributed by atoms with Crippen LogP contribution in [0.4, 0.5) is 8.78 Å².